The van der Waals surface area contributed by atoms with E-state index in [9.17, 15) is 9.18 Å². The molecule has 92 valence electrons. The Morgan fingerprint density at radius 1 is 1.53 bits per heavy atom. The lowest BCUT2D eigenvalue weighted by Crippen LogP contribution is -1.98. The minimum atomic E-state index is -1.06. The zero-order valence-corrected chi connectivity index (χ0v) is 9.65. The van der Waals surface area contributed by atoms with Crippen molar-refractivity contribution in [2.45, 2.75) is 19.8 Å². The summed E-state index contributed by atoms with van der Waals surface area (Å²) in [6, 6.07) is 4.37. The fraction of sp³-hybridized carbons (Fsp3) is 0.308. The van der Waals surface area contributed by atoms with Gasteiger partial charge in [0.15, 0.2) is 11.6 Å². The number of hydrogen-bond donors (Lipinski definition) is 1. The van der Waals surface area contributed by atoms with Crippen molar-refractivity contribution < 1.29 is 19.0 Å². The average molecular weight is 238 g/mol. The van der Waals surface area contributed by atoms with E-state index in [1.165, 1.54) is 18.2 Å². The number of rotatable bonds is 6. The monoisotopic (exact) mass is 238 g/mol. The molecule has 1 rings (SSSR count). The maximum absolute atomic E-state index is 13.5. The minimum absolute atomic E-state index is 0.200. The van der Waals surface area contributed by atoms with Crippen LogP contribution >= 0.6 is 0 Å². The van der Waals surface area contributed by atoms with Crippen molar-refractivity contribution in [1.29, 1.82) is 0 Å². The Kier molecular flexibility index (Phi) is 5.20. The Morgan fingerprint density at radius 2 is 2.29 bits per heavy atom. The summed E-state index contributed by atoms with van der Waals surface area (Å²) in [5.74, 6) is -1.34. The molecule has 0 aromatic heterocycles. The maximum Gasteiger partial charge on any atom is 0.328 e. The molecule has 3 nitrogen and oxygen atoms in total. The summed E-state index contributed by atoms with van der Waals surface area (Å²) in [5, 5.41) is 8.44. The van der Waals surface area contributed by atoms with Gasteiger partial charge in [-0.1, -0.05) is 19.4 Å². The SMILES string of the molecule is CCCCOc1ccc(C=CC(=O)O)cc1F. The van der Waals surface area contributed by atoms with E-state index >= 15 is 0 Å². The predicted octanol–water partition coefficient (Wildman–Crippen LogP) is 3.10. The lowest BCUT2D eigenvalue weighted by Gasteiger charge is -2.06. The van der Waals surface area contributed by atoms with E-state index in [0.717, 1.165) is 18.9 Å². The van der Waals surface area contributed by atoms with Crippen molar-refractivity contribution >= 4 is 12.0 Å². The van der Waals surface area contributed by atoms with Crippen LogP contribution < -0.4 is 4.74 Å². The molecule has 0 fully saturated rings. The van der Waals surface area contributed by atoms with Crippen LogP contribution in [0.4, 0.5) is 4.39 Å². The number of aliphatic carboxylic acids is 1. The quantitative estimate of drug-likeness (QED) is 0.612. The van der Waals surface area contributed by atoms with Gasteiger partial charge in [0.2, 0.25) is 0 Å². The highest BCUT2D eigenvalue weighted by atomic mass is 19.1. The molecule has 0 amide bonds. The number of ether oxygens (including phenoxy) is 1. The summed E-state index contributed by atoms with van der Waals surface area (Å²) in [6.07, 6.45) is 4.16. The summed E-state index contributed by atoms with van der Waals surface area (Å²) in [7, 11) is 0. The highest BCUT2D eigenvalue weighted by Crippen LogP contribution is 2.19. The van der Waals surface area contributed by atoms with Crippen molar-refractivity contribution in [3.05, 3.63) is 35.7 Å². The molecular formula is C13H15FO3. The second kappa shape index (κ2) is 6.68. The van der Waals surface area contributed by atoms with E-state index in [4.69, 9.17) is 9.84 Å². The van der Waals surface area contributed by atoms with Crippen LogP contribution in [0.1, 0.15) is 25.3 Å². The number of unbranched alkanes of at least 4 members (excludes halogenated alkanes) is 1. The first-order chi connectivity index (χ1) is 8.13. The number of hydrogen-bond acceptors (Lipinski definition) is 2. The molecule has 0 saturated heterocycles. The van der Waals surface area contributed by atoms with Gasteiger partial charge in [-0.2, -0.15) is 0 Å². The summed E-state index contributed by atoms with van der Waals surface area (Å²) in [6.45, 7) is 2.51. The Bertz CT molecular complexity index is 413. The zero-order valence-electron chi connectivity index (χ0n) is 9.65. The van der Waals surface area contributed by atoms with E-state index in [1.54, 1.807) is 6.07 Å². The molecule has 0 aliphatic heterocycles. The maximum atomic E-state index is 13.5. The van der Waals surface area contributed by atoms with Crippen molar-refractivity contribution in [1.82, 2.24) is 0 Å². The van der Waals surface area contributed by atoms with Crippen LogP contribution in [0.2, 0.25) is 0 Å². The molecule has 4 heteroatoms. The van der Waals surface area contributed by atoms with Gasteiger partial charge in [-0.25, -0.2) is 9.18 Å². The molecule has 1 aromatic rings. The third-order valence-electron chi connectivity index (χ3n) is 2.13. The number of carboxylic acid groups (broad SMARTS) is 1. The highest BCUT2D eigenvalue weighted by molar-refractivity contribution is 5.85. The second-order valence-corrected chi connectivity index (χ2v) is 3.56. The standard InChI is InChI=1S/C13H15FO3/c1-2-3-8-17-12-6-4-10(9-11(12)14)5-7-13(15)16/h4-7,9H,2-3,8H2,1H3,(H,15,16). The zero-order chi connectivity index (χ0) is 12.7. The number of halogens is 1. The molecule has 17 heavy (non-hydrogen) atoms. The minimum Gasteiger partial charge on any atom is -0.491 e. The van der Waals surface area contributed by atoms with Crippen LogP contribution in [-0.4, -0.2) is 17.7 Å². The normalized spacial score (nSPS) is 10.7. The topological polar surface area (TPSA) is 46.5 Å². The van der Waals surface area contributed by atoms with E-state index in [2.05, 4.69) is 0 Å². The van der Waals surface area contributed by atoms with Crippen LogP contribution in [0.25, 0.3) is 6.08 Å². The fourth-order valence-electron chi connectivity index (χ4n) is 1.23. The van der Waals surface area contributed by atoms with E-state index in [0.29, 0.717) is 12.2 Å². The predicted molar refractivity (Wildman–Crippen MR) is 63.5 cm³/mol. The van der Waals surface area contributed by atoms with E-state index in [1.807, 2.05) is 6.92 Å². The first kappa shape index (κ1) is 13.2. The molecule has 0 radical (unpaired) electrons. The van der Waals surface area contributed by atoms with Gasteiger partial charge in [0.1, 0.15) is 0 Å². The van der Waals surface area contributed by atoms with Gasteiger partial charge >= 0.3 is 5.97 Å². The third-order valence-corrected chi connectivity index (χ3v) is 2.13. The number of benzene rings is 1. The summed E-state index contributed by atoms with van der Waals surface area (Å²) >= 11 is 0. The number of carboxylic acids is 1. The molecule has 0 aliphatic carbocycles. The van der Waals surface area contributed by atoms with Crippen LogP contribution in [-0.2, 0) is 4.79 Å². The third kappa shape index (κ3) is 4.68. The van der Waals surface area contributed by atoms with Gasteiger partial charge in [-0.15, -0.1) is 0 Å². The molecule has 0 heterocycles. The van der Waals surface area contributed by atoms with Crippen LogP contribution in [0, 0.1) is 5.82 Å². The van der Waals surface area contributed by atoms with Crippen molar-refractivity contribution in [2.75, 3.05) is 6.61 Å². The molecule has 0 atom stereocenters. The lowest BCUT2D eigenvalue weighted by atomic mass is 10.2. The van der Waals surface area contributed by atoms with Gasteiger partial charge < -0.3 is 9.84 Å². The summed E-state index contributed by atoms with van der Waals surface area (Å²) < 4.78 is 18.7. The molecule has 0 unspecified atom stereocenters. The van der Waals surface area contributed by atoms with Gasteiger partial charge in [0.05, 0.1) is 6.61 Å². The Hall–Kier alpha value is -1.84. The Morgan fingerprint density at radius 3 is 2.88 bits per heavy atom. The van der Waals surface area contributed by atoms with Crippen LogP contribution in [0.3, 0.4) is 0 Å². The van der Waals surface area contributed by atoms with Crippen LogP contribution in [0.15, 0.2) is 24.3 Å². The van der Waals surface area contributed by atoms with E-state index < -0.39 is 11.8 Å². The smallest absolute Gasteiger partial charge is 0.328 e. The largest absolute Gasteiger partial charge is 0.491 e. The van der Waals surface area contributed by atoms with Crippen molar-refractivity contribution in [2.24, 2.45) is 0 Å². The van der Waals surface area contributed by atoms with Gasteiger partial charge in [0.25, 0.3) is 0 Å². The van der Waals surface area contributed by atoms with Crippen LogP contribution in [0.5, 0.6) is 5.75 Å². The molecule has 1 aromatic carbocycles. The van der Waals surface area contributed by atoms with Crippen molar-refractivity contribution in [3.63, 3.8) is 0 Å². The first-order valence-corrected chi connectivity index (χ1v) is 5.47. The Labute approximate surface area is 99.5 Å². The number of carbonyl (C=O) groups is 1. The molecule has 1 N–H and O–H groups in total. The second-order valence-electron chi connectivity index (χ2n) is 3.56. The molecular weight excluding hydrogens is 223 g/mol. The average Bonchev–Trinajstić information content (AvgIpc) is 2.29. The molecule has 0 spiro atoms. The molecule has 0 bridgehead atoms. The van der Waals surface area contributed by atoms with E-state index in [-0.39, 0.29) is 5.75 Å². The molecule has 0 saturated carbocycles. The van der Waals surface area contributed by atoms with Crippen molar-refractivity contribution in [3.8, 4) is 5.75 Å². The first-order valence-electron chi connectivity index (χ1n) is 5.47. The fourth-order valence-corrected chi connectivity index (χ4v) is 1.23. The van der Waals surface area contributed by atoms with Gasteiger partial charge in [-0.05, 0) is 30.2 Å². The van der Waals surface area contributed by atoms with Gasteiger partial charge in [-0.3, -0.25) is 0 Å². The summed E-state index contributed by atoms with van der Waals surface area (Å²) in [4.78, 5) is 10.3. The van der Waals surface area contributed by atoms with Gasteiger partial charge in [0, 0.05) is 6.08 Å². The highest BCUT2D eigenvalue weighted by Gasteiger charge is 2.03. The Balaban J connectivity index is 2.69. The lowest BCUT2D eigenvalue weighted by molar-refractivity contribution is -0.131. The summed E-state index contributed by atoms with van der Waals surface area (Å²) in [5.41, 5.74) is 0.493. The molecule has 0 aliphatic rings.